The van der Waals surface area contributed by atoms with Gasteiger partial charge in [-0.2, -0.15) is 9.83 Å². The molecule has 0 saturated heterocycles. The van der Waals surface area contributed by atoms with Crippen molar-refractivity contribution in [2.24, 2.45) is 0 Å². The fourth-order valence-corrected chi connectivity index (χ4v) is 2.69. The van der Waals surface area contributed by atoms with Gasteiger partial charge in [0.2, 0.25) is 6.04 Å². The predicted octanol–water partition coefficient (Wildman–Crippen LogP) is 3.64. The second kappa shape index (κ2) is 8.09. The van der Waals surface area contributed by atoms with E-state index in [1.165, 1.54) is 11.1 Å². The number of carbonyl (C=O) groups excluding carboxylic acids is 1. The van der Waals surface area contributed by atoms with Crippen molar-refractivity contribution in [2.75, 3.05) is 5.32 Å². The molecule has 0 aliphatic heterocycles. The Morgan fingerprint density at radius 2 is 1.62 bits per heavy atom. The third-order valence-electron chi connectivity index (χ3n) is 4.28. The summed E-state index contributed by atoms with van der Waals surface area (Å²) in [6.07, 6.45) is 4.73. The fourth-order valence-electron chi connectivity index (χ4n) is 2.69. The molecule has 128 valence electrons. The van der Waals surface area contributed by atoms with Gasteiger partial charge in [0.15, 0.2) is 12.4 Å². The molecule has 1 N–H and O–H groups in total. The van der Waals surface area contributed by atoms with Crippen LogP contribution in [0.3, 0.4) is 0 Å². The average Bonchev–Trinajstić information content (AvgIpc) is 2.69. The summed E-state index contributed by atoms with van der Waals surface area (Å²) in [6.45, 7) is 1.86. The molecule has 4 heteroatoms. The fraction of sp³-hybridized carbons (Fsp3) is 0.136. The van der Waals surface area contributed by atoms with Crippen molar-refractivity contribution in [3.63, 3.8) is 0 Å². The van der Waals surface area contributed by atoms with Crippen LogP contribution in [0.2, 0.25) is 0 Å². The molecule has 26 heavy (non-hydrogen) atoms. The van der Waals surface area contributed by atoms with Crippen molar-refractivity contribution in [2.45, 2.75) is 19.4 Å². The number of nitrogens with one attached hydrogen (secondary N) is 1. The van der Waals surface area contributed by atoms with Crippen LogP contribution in [0.5, 0.6) is 0 Å². The van der Waals surface area contributed by atoms with Gasteiger partial charge >= 0.3 is 0 Å². The summed E-state index contributed by atoms with van der Waals surface area (Å²) in [5.74, 6) is -0.101. The van der Waals surface area contributed by atoms with E-state index in [0.29, 0.717) is 11.3 Å². The van der Waals surface area contributed by atoms with E-state index < -0.39 is 0 Å². The number of benzene rings is 2. The molecule has 1 aromatic heterocycles. The van der Waals surface area contributed by atoms with Crippen LogP contribution in [0.1, 0.15) is 29.7 Å². The molecule has 1 heterocycles. The number of pyridine rings is 1. The Morgan fingerprint density at radius 3 is 2.23 bits per heavy atom. The van der Waals surface area contributed by atoms with Gasteiger partial charge in [-0.05, 0) is 41.8 Å². The molecule has 2 aromatic carbocycles. The van der Waals surface area contributed by atoms with Gasteiger partial charge in [-0.25, -0.2) is 0 Å². The molecule has 0 aliphatic carbocycles. The lowest BCUT2D eigenvalue weighted by Crippen LogP contribution is -2.44. The van der Waals surface area contributed by atoms with Crippen LogP contribution in [0.4, 0.5) is 5.69 Å². The van der Waals surface area contributed by atoms with E-state index in [1.54, 1.807) is 24.3 Å². The second-order valence-electron chi connectivity index (χ2n) is 6.17. The van der Waals surface area contributed by atoms with Crippen LogP contribution >= 0.6 is 0 Å². The Hall–Kier alpha value is -3.45. The molecule has 0 saturated carbocycles. The van der Waals surface area contributed by atoms with Gasteiger partial charge in [0.1, 0.15) is 0 Å². The smallest absolute Gasteiger partial charge is 0.293 e. The summed E-state index contributed by atoms with van der Waals surface area (Å²) in [5.41, 5.74) is 3.71. The number of amides is 1. The predicted molar refractivity (Wildman–Crippen MR) is 100 cm³/mol. The molecule has 0 radical (unpaired) electrons. The minimum absolute atomic E-state index is 0.101. The summed E-state index contributed by atoms with van der Waals surface area (Å²) >= 11 is 0. The lowest BCUT2D eigenvalue weighted by atomic mass is 10.1. The zero-order chi connectivity index (χ0) is 18.4. The molecule has 4 nitrogen and oxygen atoms in total. The number of nitrogens with zero attached hydrogens (tertiary/aromatic N) is 2. The monoisotopic (exact) mass is 342 g/mol. The van der Waals surface area contributed by atoms with Crippen molar-refractivity contribution in [1.29, 1.82) is 5.26 Å². The highest BCUT2D eigenvalue weighted by atomic mass is 16.2. The van der Waals surface area contributed by atoms with E-state index >= 15 is 0 Å². The molecule has 0 unspecified atom stereocenters. The topological polar surface area (TPSA) is 56.8 Å². The zero-order valence-electron chi connectivity index (χ0n) is 14.6. The number of anilines is 1. The quantitative estimate of drug-likeness (QED) is 0.720. The van der Waals surface area contributed by atoms with Gasteiger partial charge in [0.25, 0.3) is 5.91 Å². The molecule has 3 rings (SSSR count). The first-order valence-electron chi connectivity index (χ1n) is 8.50. The maximum atomic E-state index is 12.4. The largest absolute Gasteiger partial charge is 0.320 e. The van der Waals surface area contributed by atoms with Gasteiger partial charge in [-0.15, -0.1) is 0 Å². The maximum absolute atomic E-state index is 12.4. The van der Waals surface area contributed by atoms with Crippen molar-refractivity contribution in [3.05, 3.63) is 95.8 Å². The first-order chi connectivity index (χ1) is 12.7. The van der Waals surface area contributed by atoms with Crippen LogP contribution in [-0.4, -0.2) is 5.91 Å². The first kappa shape index (κ1) is 17.4. The minimum Gasteiger partial charge on any atom is -0.320 e. The lowest BCUT2D eigenvalue weighted by molar-refractivity contribution is -0.705. The summed E-state index contributed by atoms with van der Waals surface area (Å²) in [5, 5.41) is 11.7. The van der Waals surface area contributed by atoms with Gasteiger partial charge in [0.05, 0.1) is 11.6 Å². The van der Waals surface area contributed by atoms with E-state index in [2.05, 4.69) is 23.5 Å². The summed E-state index contributed by atoms with van der Waals surface area (Å²) in [4.78, 5) is 12.4. The molecular weight excluding hydrogens is 322 g/mol. The van der Waals surface area contributed by atoms with Crippen LogP contribution < -0.4 is 9.88 Å². The van der Waals surface area contributed by atoms with Gasteiger partial charge in [0, 0.05) is 24.7 Å². The van der Waals surface area contributed by atoms with Crippen LogP contribution in [0, 0.1) is 11.3 Å². The number of carbonyl (C=O) groups is 1. The molecule has 1 atom stereocenters. The standard InChI is InChI=1S/C22H19N3O/c1-17(22(26)24-21-9-7-20(16-23)8-10-21)25-13-11-19(12-14-25)15-18-5-3-2-4-6-18/h2-14,17H,15H2,1H3/p+1/t17-/m0/s1. The zero-order valence-corrected chi connectivity index (χ0v) is 14.6. The van der Waals surface area contributed by atoms with Crippen molar-refractivity contribution < 1.29 is 9.36 Å². The molecule has 3 aromatic rings. The Morgan fingerprint density at radius 1 is 1.00 bits per heavy atom. The SMILES string of the molecule is C[C@@H](C(=O)Nc1ccc(C#N)cc1)[n+]1ccc(Cc2ccccc2)cc1. The number of aromatic nitrogens is 1. The minimum atomic E-state index is -0.337. The third kappa shape index (κ3) is 4.34. The molecule has 0 fully saturated rings. The maximum Gasteiger partial charge on any atom is 0.293 e. The van der Waals surface area contributed by atoms with Crippen molar-refractivity contribution in [1.82, 2.24) is 0 Å². The van der Waals surface area contributed by atoms with E-state index in [4.69, 9.17) is 5.26 Å². The number of rotatable bonds is 5. The molecular formula is C22H20N3O+. The van der Waals surface area contributed by atoms with Crippen LogP contribution in [0.15, 0.2) is 79.1 Å². The first-order valence-corrected chi connectivity index (χ1v) is 8.50. The summed E-state index contributed by atoms with van der Waals surface area (Å²) in [6, 6.07) is 22.9. The van der Waals surface area contributed by atoms with Crippen molar-refractivity contribution >= 4 is 11.6 Å². The third-order valence-corrected chi connectivity index (χ3v) is 4.28. The van der Waals surface area contributed by atoms with E-state index in [0.717, 1.165) is 6.42 Å². The summed E-state index contributed by atoms with van der Waals surface area (Å²) < 4.78 is 1.88. The lowest BCUT2D eigenvalue weighted by Gasteiger charge is -2.09. The highest BCUT2D eigenvalue weighted by Gasteiger charge is 2.21. The number of hydrogen-bond acceptors (Lipinski definition) is 2. The Kier molecular flexibility index (Phi) is 5.40. The highest BCUT2D eigenvalue weighted by molar-refractivity contribution is 5.92. The molecule has 0 bridgehead atoms. The Labute approximate surface area is 153 Å². The Balaban J connectivity index is 1.64. The van der Waals surface area contributed by atoms with Crippen LogP contribution in [0.25, 0.3) is 0 Å². The normalized spacial score (nSPS) is 11.4. The summed E-state index contributed by atoms with van der Waals surface area (Å²) in [7, 11) is 0. The highest BCUT2D eigenvalue weighted by Crippen LogP contribution is 2.11. The molecule has 0 spiro atoms. The molecule has 1 amide bonds. The van der Waals surface area contributed by atoms with E-state index in [1.807, 2.05) is 54.2 Å². The van der Waals surface area contributed by atoms with Crippen molar-refractivity contribution in [3.8, 4) is 6.07 Å². The van der Waals surface area contributed by atoms with Gasteiger partial charge in [-0.3, -0.25) is 4.79 Å². The number of nitriles is 1. The number of hydrogen-bond donors (Lipinski definition) is 1. The van der Waals surface area contributed by atoms with Gasteiger partial charge in [-0.1, -0.05) is 30.3 Å². The Bertz CT molecular complexity index is 910. The second-order valence-corrected chi connectivity index (χ2v) is 6.17. The average molecular weight is 342 g/mol. The van der Waals surface area contributed by atoms with E-state index in [9.17, 15) is 4.79 Å². The molecule has 0 aliphatic rings. The van der Waals surface area contributed by atoms with Gasteiger partial charge < -0.3 is 5.32 Å². The van der Waals surface area contributed by atoms with E-state index in [-0.39, 0.29) is 11.9 Å². The van der Waals surface area contributed by atoms with Crippen LogP contribution in [-0.2, 0) is 11.2 Å².